The van der Waals surface area contributed by atoms with Crippen molar-refractivity contribution < 1.29 is 19.5 Å². The summed E-state index contributed by atoms with van der Waals surface area (Å²) in [7, 11) is 0. The van der Waals surface area contributed by atoms with Crippen LogP contribution in [0.25, 0.3) is 0 Å². The van der Waals surface area contributed by atoms with Crippen LogP contribution in [0.3, 0.4) is 0 Å². The van der Waals surface area contributed by atoms with E-state index in [1.807, 2.05) is 30.3 Å². The molecule has 6 nitrogen and oxygen atoms in total. The van der Waals surface area contributed by atoms with Crippen molar-refractivity contribution in [3.63, 3.8) is 0 Å². The van der Waals surface area contributed by atoms with E-state index in [1.165, 1.54) is 11.4 Å². The van der Waals surface area contributed by atoms with Crippen molar-refractivity contribution in [3.8, 4) is 0 Å². The molecule has 0 aliphatic carbocycles. The number of carbonyl (C=O) groups excluding carboxylic acids is 2. The molecule has 1 fully saturated rings. The summed E-state index contributed by atoms with van der Waals surface area (Å²) in [5.41, 5.74) is 0.871. The Labute approximate surface area is 149 Å². The predicted octanol–water partition coefficient (Wildman–Crippen LogP) is 3.14. The number of carboxylic acids is 1. The Hall–Kier alpha value is -2.67. The van der Waals surface area contributed by atoms with Gasteiger partial charge in [-0.1, -0.05) is 30.3 Å². The fraction of sp³-hybridized carbons (Fsp3) is 0.278. The minimum atomic E-state index is -1.04. The maximum Gasteiger partial charge on any atom is 0.336 e. The van der Waals surface area contributed by atoms with Gasteiger partial charge in [0.05, 0.1) is 10.6 Å². The molecule has 1 unspecified atom stereocenters. The minimum Gasteiger partial charge on any atom is -0.478 e. The largest absolute Gasteiger partial charge is 0.478 e. The maximum absolute atomic E-state index is 12.9. The van der Waals surface area contributed by atoms with Gasteiger partial charge in [-0.15, -0.1) is 11.3 Å². The molecule has 0 spiro atoms. The highest BCUT2D eigenvalue weighted by atomic mass is 32.1. The number of piperidine rings is 1. The second-order valence-electron chi connectivity index (χ2n) is 5.85. The van der Waals surface area contributed by atoms with E-state index in [-0.39, 0.29) is 17.4 Å². The van der Waals surface area contributed by atoms with Crippen molar-refractivity contribution in [2.75, 3.05) is 11.9 Å². The number of anilines is 1. The van der Waals surface area contributed by atoms with Crippen molar-refractivity contribution in [1.29, 1.82) is 0 Å². The number of amides is 2. The number of hydrogen-bond acceptors (Lipinski definition) is 4. The molecule has 25 heavy (non-hydrogen) atoms. The van der Waals surface area contributed by atoms with Gasteiger partial charge < -0.3 is 15.3 Å². The highest BCUT2D eigenvalue weighted by Crippen LogP contribution is 2.28. The summed E-state index contributed by atoms with van der Waals surface area (Å²) >= 11 is 1.15. The number of aromatic carboxylic acids is 1. The first-order valence-corrected chi connectivity index (χ1v) is 8.91. The molecule has 1 aliphatic heterocycles. The Bertz CT molecular complexity index is 787. The van der Waals surface area contributed by atoms with Gasteiger partial charge in [-0.2, -0.15) is 0 Å². The van der Waals surface area contributed by atoms with Crippen LogP contribution in [0.15, 0.2) is 41.8 Å². The zero-order valence-electron chi connectivity index (χ0n) is 13.5. The van der Waals surface area contributed by atoms with Crippen molar-refractivity contribution in [1.82, 2.24) is 4.90 Å². The van der Waals surface area contributed by atoms with Gasteiger partial charge in [0.1, 0.15) is 6.04 Å². The molecule has 1 aliphatic rings. The van der Waals surface area contributed by atoms with E-state index in [4.69, 9.17) is 5.11 Å². The topological polar surface area (TPSA) is 86.7 Å². The molecular formula is C18H18N2O4S. The van der Waals surface area contributed by atoms with Crippen molar-refractivity contribution >= 4 is 34.1 Å². The summed E-state index contributed by atoms with van der Waals surface area (Å²) in [5.74, 6) is -1.41. The third-order valence-corrected chi connectivity index (χ3v) is 4.97. The zero-order valence-corrected chi connectivity index (χ0v) is 14.3. The fourth-order valence-electron chi connectivity index (χ4n) is 2.91. The highest BCUT2D eigenvalue weighted by molar-refractivity contribution is 7.14. The molecule has 0 saturated carbocycles. The van der Waals surface area contributed by atoms with E-state index in [0.717, 1.165) is 29.7 Å². The van der Waals surface area contributed by atoms with Crippen LogP contribution in [0, 0.1) is 0 Å². The number of thiophene rings is 1. The molecule has 1 aromatic carbocycles. The van der Waals surface area contributed by atoms with E-state index >= 15 is 0 Å². The van der Waals surface area contributed by atoms with Crippen LogP contribution in [0.2, 0.25) is 0 Å². The molecule has 2 amide bonds. The van der Waals surface area contributed by atoms with Crippen molar-refractivity contribution in [2.24, 2.45) is 0 Å². The standard InChI is InChI=1S/C18H18N2O4S/c21-15-8-4-5-9-20(15)16(12-6-2-1-3-7-12)17(22)19-14-10-13(11-25-14)18(23)24/h1-3,6-7,10-11,16H,4-5,8-9H2,(H,19,22)(H,23,24). The molecule has 0 radical (unpaired) electrons. The number of carbonyl (C=O) groups is 3. The quantitative estimate of drug-likeness (QED) is 0.860. The number of rotatable bonds is 5. The number of nitrogens with zero attached hydrogens (tertiary/aromatic N) is 1. The normalized spacial score (nSPS) is 15.7. The summed E-state index contributed by atoms with van der Waals surface area (Å²) in [5, 5.41) is 13.7. The minimum absolute atomic E-state index is 0.0346. The van der Waals surface area contributed by atoms with Crippen LogP contribution in [-0.4, -0.2) is 34.3 Å². The summed E-state index contributed by atoms with van der Waals surface area (Å²) in [6, 6.07) is 9.87. The third kappa shape index (κ3) is 3.88. The number of nitrogens with one attached hydrogen (secondary N) is 1. The number of benzene rings is 1. The highest BCUT2D eigenvalue weighted by Gasteiger charge is 2.32. The summed E-state index contributed by atoms with van der Waals surface area (Å²) in [6.07, 6.45) is 2.15. The van der Waals surface area contributed by atoms with E-state index in [2.05, 4.69) is 5.32 Å². The average Bonchev–Trinajstić information content (AvgIpc) is 3.07. The maximum atomic E-state index is 12.9. The van der Waals surface area contributed by atoms with Gasteiger partial charge in [0, 0.05) is 18.3 Å². The van der Waals surface area contributed by atoms with Gasteiger partial charge in [-0.3, -0.25) is 9.59 Å². The van der Waals surface area contributed by atoms with Crippen LogP contribution in [-0.2, 0) is 9.59 Å². The molecule has 2 N–H and O–H groups in total. The lowest BCUT2D eigenvalue weighted by Crippen LogP contribution is -2.43. The Morgan fingerprint density at radius 3 is 2.60 bits per heavy atom. The second-order valence-corrected chi connectivity index (χ2v) is 6.76. The smallest absolute Gasteiger partial charge is 0.336 e. The molecule has 0 bridgehead atoms. The SMILES string of the molecule is O=C(O)c1csc(NC(=O)C(c2ccccc2)N2CCCCC2=O)c1. The van der Waals surface area contributed by atoms with Crippen LogP contribution >= 0.6 is 11.3 Å². The molecule has 1 aromatic heterocycles. The molecule has 1 atom stereocenters. The van der Waals surface area contributed by atoms with Crippen molar-refractivity contribution in [3.05, 3.63) is 52.9 Å². The summed E-state index contributed by atoms with van der Waals surface area (Å²) < 4.78 is 0. The number of carboxylic acid groups (broad SMARTS) is 1. The molecule has 130 valence electrons. The van der Waals surface area contributed by atoms with Gasteiger partial charge >= 0.3 is 5.97 Å². The molecule has 1 saturated heterocycles. The van der Waals surface area contributed by atoms with Crippen LogP contribution in [0.4, 0.5) is 5.00 Å². The average molecular weight is 358 g/mol. The number of likely N-dealkylation sites (tertiary alicyclic amines) is 1. The molecular weight excluding hydrogens is 340 g/mol. The zero-order chi connectivity index (χ0) is 17.8. The Balaban J connectivity index is 1.86. The molecule has 7 heteroatoms. The Morgan fingerprint density at radius 2 is 1.96 bits per heavy atom. The molecule has 2 heterocycles. The molecule has 3 rings (SSSR count). The lowest BCUT2D eigenvalue weighted by molar-refractivity contribution is -0.141. The Kier molecular flexibility index (Phi) is 5.14. The van der Waals surface area contributed by atoms with Gasteiger partial charge in [0.2, 0.25) is 5.91 Å². The van der Waals surface area contributed by atoms with Gasteiger partial charge in [0.25, 0.3) is 5.91 Å². The summed E-state index contributed by atoms with van der Waals surface area (Å²) in [6.45, 7) is 0.538. The van der Waals surface area contributed by atoms with E-state index in [9.17, 15) is 14.4 Å². The van der Waals surface area contributed by atoms with E-state index in [1.54, 1.807) is 4.90 Å². The number of hydrogen-bond donors (Lipinski definition) is 2. The first-order chi connectivity index (χ1) is 12.1. The van der Waals surface area contributed by atoms with Crippen LogP contribution in [0.1, 0.15) is 41.2 Å². The van der Waals surface area contributed by atoms with Gasteiger partial charge in [0.15, 0.2) is 0 Å². The van der Waals surface area contributed by atoms with Gasteiger partial charge in [-0.05, 0) is 24.5 Å². The van der Waals surface area contributed by atoms with Crippen LogP contribution in [0.5, 0.6) is 0 Å². The van der Waals surface area contributed by atoms with Crippen molar-refractivity contribution in [2.45, 2.75) is 25.3 Å². The van der Waals surface area contributed by atoms with Crippen LogP contribution < -0.4 is 5.32 Å². The lowest BCUT2D eigenvalue weighted by Gasteiger charge is -2.34. The first-order valence-electron chi connectivity index (χ1n) is 8.03. The predicted molar refractivity (Wildman–Crippen MR) is 94.7 cm³/mol. The molecule has 2 aromatic rings. The third-order valence-electron chi connectivity index (χ3n) is 4.13. The van der Waals surface area contributed by atoms with Gasteiger partial charge in [-0.25, -0.2) is 4.79 Å². The second kappa shape index (κ2) is 7.48. The Morgan fingerprint density at radius 1 is 1.20 bits per heavy atom. The summed E-state index contributed by atoms with van der Waals surface area (Å²) in [4.78, 5) is 37.8. The van der Waals surface area contributed by atoms with E-state index in [0.29, 0.717) is 18.0 Å². The fourth-order valence-corrected chi connectivity index (χ4v) is 3.69. The monoisotopic (exact) mass is 358 g/mol. The first kappa shape index (κ1) is 17.2. The lowest BCUT2D eigenvalue weighted by atomic mass is 10.0. The van der Waals surface area contributed by atoms with E-state index < -0.39 is 12.0 Å².